The first-order valence-electron chi connectivity index (χ1n) is 9.27. The molecule has 0 unspecified atom stereocenters. The minimum atomic E-state index is -0.0642. The Kier molecular flexibility index (Phi) is 4.45. The minimum absolute atomic E-state index is 0.0642. The fourth-order valence-corrected chi connectivity index (χ4v) is 3.92. The van der Waals surface area contributed by atoms with Gasteiger partial charge in [-0.15, -0.1) is 0 Å². The summed E-state index contributed by atoms with van der Waals surface area (Å²) in [5.74, 6) is 1.03. The fraction of sp³-hybridized carbons (Fsp3) is 0.381. The van der Waals surface area contributed by atoms with E-state index >= 15 is 0 Å². The molecular formula is C21H26N4. The van der Waals surface area contributed by atoms with Gasteiger partial charge in [0.1, 0.15) is 5.84 Å². The second-order valence-electron chi connectivity index (χ2n) is 7.15. The largest absolute Gasteiger partial charge is 0.371 e. The number of nitrogens with one attached hydrogen (secondary N) is 3. The molecule has 0 aromatic heterocycles. The summed E-state index contributed by atoms with van der Waals surface area (Å²) in [6, 6.07) is 16.8. The molecule has 1 saturated carbocycles. The van der Waals surface area contributed by atoms with E-state index in [2.05, 4.69) is 65.6 Å². The quantitative estimate of drug-likeness (QED) is 0.727. The van der Waals surface area contributed by atoms with Crippen molar-refractivity contribution in [3.05, 3.63) is 59.7 Å². The van der Waals surface area contributed by atoms with Gasteiger partial charge in [-0.05, 0) is 43.0 Å². The lowest BCUT2D eigenvalue weighted by molar-refractivity contribution is 0.391. The van der Waals surface area contributed by atoms with E-state index in [4.69, 9.17) is 4.99 Å². The van der Waals surface area contributed by atoms with E-state index in [-0.39, 0.29) is 5.54 Å². The third-order valence-corrected chi connectivity index (χ3v) is 5.42. The summed E-state index contributed by atoms with van der Waals surface area (Å²) in [4.78, 5) is 4.96. The summed E-state index contributed by atoms with van der Waals surface area (Å²) < 4.78 is 0. The van der Waals surface area contributed by atoms with E-state index < -0.39 is 0 Å². The molecule has 130 valence electrons. The summed E-state index contributed by atoms with van der Waals surface area (Å²) >= 11 is 0. The molecule has 1 heterocycles. The SMILES string of the molecule is Cc1ccccc1CNNC1=Nc2ccccc2NC12CCCCC2. The van der Waals surface area contributed by atoms with Crippen LogP contribution in [-0.2, 0) is 6.54 Å². The smallest absolute Gasteiger partial charge is 0.142 e. The third kappa shape index (κ3) is 3.27. The molecule has 0 radical (unpaired) electrons. The lowest BCUT2D eigenvalue weighted by Gasteiger charge is -2.42. The normalized spacial score (nSPS) is 18.2. The maximum Gasteiger partial charge on any atom is 0.142 e. The average molecular weight is 334 g/mol. The van der Waals surface area contributed by atoms with Crippen LogP contribution < -0.4 is 16.2 Å². The molecule has 4 rings (SSSR count). The lowest BCUT2D eigenvalue weighted by atomic mass is 9.79. The fourth-order valence-electron chi connectivity index (χ4n) is 3.92. The molecule has 4 heteroatoms. The van der Waals surface area contributed by atoms with Crippen molar-refractivity contribution in [1.29, 1.82) is 0 Å². The summed E-state index contributed by atoms with van der Waals surface area (Å²) in [6.07, 6.45) is 6.05. The Morgan fingerprint density at radius 1 is 1.00 bits per heavy atom. The predicted molar refractivity (Wildman–Crippen MR) is 104 cm³/mol. The zero-order chi connectivity index (χ0) is 17.1. The Balaban J connectivity index is 1.54. The Morgan fingerprint density at radius 3 is 2.60 bits per heavy atom. The highest BCUT2D eigenvalue weighted by Gasteiger charge is 2.40. The predicted octanol–water partition coefficient (Wildman–Crippen LogP) is 4.45. The van der Waals surface area contributed by atoms with Gasteiger partial charge in [0.2, 0.25) is 0 Å². The molecule has 3 N–H and O–H groups in total. The van der Waals surface area contributed by atoms with Gasteiger partial charge in [-0.1, -0.05) is 55.7 Å². The number of fused-ring (bicyclic) bond motifs is 1. The highest BCUT2D eigenvalue weighted by molar-refractivity contribution is 6.00. The first-order chi connectivity index (χ1) is 12.3. The highest BCUT2D eigenvalue weighted by Crippen LogP contribution is 2.39. The number of nitrogens with zero attached hydrogens (tertiary/aromatic N) is 1. The Bertz CT molecular complexity index is 775. The molecule has 0 saturated heterocycles. The summed E-state index contributed by atoms with van der Waals surface area (Å²) in [5, 5.41) is 3.79. The number of hydrogen-bond donors (Lipinski definition) is 3. The van der Waals surface area contributed by atoms with Crippen LogP contribution in [0.2, 0.25) is 0 Å². The molecule has 2 aliphatic rings. The molecule has 0 atom stereocenters. The van der Waals surface area contributed by atoms with Gasteiger partial charge in [0.25, 0.3) is 0 Å². The van der Waals surface area contributed by atoms with Crippen molar-refractivity contribution in [2.45, 2.75) is 51.1 Å². The number of para-hydroxylation sites is 2. The highest BCUT2D eigenvalue weighted by atomic mass is 15.4. The van der Waals surface area contributed by atoms with Crippen LogP contribution in [0.4, 0.5) is 11.4 Å². The van der Waals surface area contributed by atoms with E-state index in [0.29, 0.717) is 0 Å². The van der Waals surface area contributed by atoms with Crippen LogP contribution in [0.5, 0.6) is 0 Å². The molecule has 1 fully saturated rings. The van der Waals surface area contributed by atoms with Crippen molar-refractivity contribution in [3.63, 3.8) is 0 Å². The zero-order valence-electron chi connectivity index (χ0n) is 14.8. The van der Waals surface area contributed by atoms with Gasteiger partial charge in [0.05, 0.1) is 16.9 Å². The van der Waals surface area contributed by atoms with Crippen LogP contribution in [0.15, 0.2) is 53.5 Å². The topological polar surface area (TPSA) is 48.5 Å². The van der Waals surface area contributed by atoms with Crippen molar-refractivity contribution in [2.75, 3.05) is 5.32 Å². The van der Waals surface area contributed by atoms with Gasteiger partial charge in [-0.3, -0.25) is 0 Å². The third-order valence-electron chi connectivity index (χ3n) is 5.42. The van der Waals surface area contributed by atoms with Crippen LogP contribution in [-0.4, -0.2) is 11.4 Å². The number of hydrogen-bond acceptors (Lipinski definition) is 4. The number of rotatable bonds is 3. The molecule has 2 aromatic carbocycles. The Hall–Kier alpha value is -2.33. The summed E-state index contributed by atoms with van der Waals surface area (Å²) in [5.41, 5.74) is 11.5. The van der Waals surface area contributed by atoms with Crippen LogP contribution >= 0.6 is 0 Å². The van der Waals surface area contributed by atoms with Crippen LogP contribution in [0.25, 0.3) is 0 Å². The number of anilines is 1. The van der Waals surface area contributed by atoms with Gasteiger partial charge in [0, 0.05) is 6.54 Å². The second-order valence-corrected chi connectivity index (χ2v) is 7.15. The molecule has 1 spiro atoms. The summed E-state index contributed by atoms with van der Waals surface area (Å²) in [6.45, 7) is 2.93. The van der Waals surface area contributed by atoms with Crippen molar-refractivity contribution >= 4 is 17.2 Å². The molecular weight excluding hydrogens is 308 g/mol. The van der Waals surface area contributed by atoms with E-state index in [1.807, 2.05) is 6.07 Å². The van der Waals surface area contributed by atoms with Gasteiger partial charge < -0.3 is 10.7 Å². The molecule has 0 bridgehead atoms. The average Bonchev–Trinajstić information content (AvgIpc) is 2.64. The summed E-state index contributed by atoms with van der Waals surface area (Å²) in [7, 11) is 0. The molecule has 2 aromatic rings. The second kappa shape index (κ2) is 6.89. The first kappa shape index (κ1) is 16.2. The van der Waals surface area contributed by atoms with Crippen molar-refractivity contribution in [2.24, 2.45) is 4.99 Å². The number of benzene rings is 2. The van der Waals surface area contributed by atoms with Gasteiger partial charge in [-0.2, -0.15) is 0 Å². The van der Waals surface area contributed by atoms with Crippen molar-refractivity contribution in [1.82, 2.24) is 10.9 Å². The maximum absolute atomic E-state index is 4.96. The standard InChI is InChI=1S/C21H26N4/c1-16-9-3-4-10-17(16)15-22-25-20-21(13-7-2-8-14-21)24-19-12-6-5-11-18(19)23-20/h3-6,9-12,22,24H,2,7-8,13-15H2,1H3,(H,23,25). The van der Waals surface area contributed by atoms with Crippen LogP contribution in [0, 0.1) is 6.92 Å². The molecule has 4 nitrogen and oxygen atoms in total. The van der Waals surface area contributed by atoms with Gasteiger partial charge in [-0.25, -0.2) is 10.4 Å². The minimum Gasteiger partial charge on any atom is -0.371 e. The number of aliphatic imine (C=N–C) groups is 1. The molecule has 1 aliphatic carbocycles. The van der Waals surface area contributed by atoms with Crippen molar-refractivity contribution < 1.29 is 0 Å². The first-order valence-corrected chi connectivity index (χ1v) is 9.27. The number of aryl methyl sites for hydroxylation is 1. The molecule has 25 heavy (non-hydrogen) atoms. The van der Waals surface area contributed by atoms with E-state index in [0.717, 1.165) is 36.6 Å². The van der Waals surface area contributed by atoms with E-state index in [9.17, 15) is 0 Å². The van der Waals surface area contributed by atoms with E-state index in [1.165, 1.54) is 30.4 Å². The number of amidine groups is 1. The molecule has 1 aliphatic heterocycles. The lowest BCUT2D eigenvalue weighted by Crippen LogP contribution is -2.57. The van der Waals surface area contributed by atoms with Crippen LogP contribution in [0.1, 0.15) is 43.2 Å². The Labute approximate surface area is 149 Å². The molecule has 0 amide bonds. The van der Waals surface area contributed by atoms with Gasteiger partial charge >= 0.3 is 0 Å². The maximum atomic E-state index is 4.96. The van der Waals surface area contributed by atoms with E-state index in [1.54, 1.807) is 0 Å². The van der Waals surface area contributed by atoms with Crippen LogP contribution in [0.3, 0.4) is 0 Å². The monoisotopic (exact) mass is 334 g/mol. The zero-order valence-corrected chi connectivity index (χ0v) is 14.8. The Morgan fingerprint density at radius 2 is 1.76 bits per heavy atom. The number of hydrazine groups is 1. The van der Waals surface area contributed by atoms with Gasteiger partial charge in [0.15, 0.2) is 0 Å². The van der Waals surface area contributed by atoms with Crippen molar-refractivity contribution in [3.8, 4) is 0 Å².